The first kappa shape index (κ1) is 26.9. The molecule has 3 rings (SSSR count). The van der Waals surface area contributed by atoms with Gasteiger partial charge < -0.3 is 20.1 Å². The van der Waals surface area contributed by atoms with Crippen molar-refractivity contribution in [2.75, 3.05) is 6.61 Å². The van der Waals surface area contributed by atoms with Crippen molar-refractivity contribution in [1.82, 2.24) is 0 Å². The fraction of sp³-hybridized carbons (Fsp3) is 0.862. The van der Waals surface area contributed by atoms with Crippen LogP contribution in [0.5, 0.6) is 0 Å². The van der Waals surface area contributed by atoms with Crippen molar-refractivity contribution < 1.29 is 20.1 Å². The van der Waals surface area contributed by atoms with Crippen LogP contribution in [0, 0.1) is 23.2 Å². The summed E-state index contributed by atoms with van der Waals surface area (Å²) in [5.41, 5.74) is 2.26. The molecule has 4 nitrogen and oxygen atoms in total. The van der Waals surface area contributed by atoms with Crippen LogP contribution in [-0.4, -0.2) is 45.8 Å². The molecular weight excluding hydrogens is 412 g/mol. The Balaban J connectivity index is 1.57. The van der Waals surface area contributed by atoms with Gasteiger partial charge in [0.05, 0.1) is 23.9 Å². The van der Waals surface area contributed by atoms with Crippen molar-refractivity contribution in [2.45, 2.75) is 129 Å². The lowest BCUT2D eigenvalue weighted by atomic mass is 9.62. The number of fused-ring (bicyclic) bond motifs is 1. The van der Waals surface area contributed by atoms with E-state index in [1.54, 1.807) is 5.57 Å². The van der Waals surface area contributed by atoms with Gasteiger partial charge in [-0.2, -0.15) is 0 Å². The van der Waals surface area contributed by atoms with Gasteiger partial charge in [0.2, 0.25) is 0 Å². The molecule has 3 fully saturated rings. The third kappa shape index (κ3) is 6.12. The predicted molar refractivity (Wildman–Crippen MR) is 135 cm³/mol. The van der Waals surface area contributed by atoms with Crippen molar-refractivity contribution in [2.24, 2.45) is 23.2 Å². The van der Waals surface area contributed by atoms with Crippen molar-refractivity contribution in [3.63, 3.8) is 0 Å². The second-order valence-electron chi connectivity index (χ2n) is 11.6. The van der Waals surface area contributed by atoms with Crippen molar-refractivity contribution >= 4 is 0 Å². The van der Waals surface area contributed by atoms with Gasteiger partial charge in [-0.05, 0) is 106 Å². The molecular formula is C29H50O4. The predicted octanol–water partition coefficient (Wildman–Crippen LogP) is 5.94. The molecule has 0 spiro atoms. The van der Waals surface area contributed by atoms with Crippen LogP contribution in [-0.2, 0) is 4.74 Å². The van der Waals surface area contributed by atoms with Crippen LogP contribution < -0.4 is 0 Å². The van der Waals surface area contributed by atoms with Gasteiger partial charge >= 0.3 is 0 Å². The zero-order valence-electron chi connectivity index (χ0n) is 21.7. The zero-order valence-corrected chi connectivity index (χ0v) is 21.7. The molecule has 0 aliphatic heterocycles. The average Bonchev–Trinajstić information content (AvgIpc) is 3.15. The lowest BCUT2D eigenvalue weighted by Crippen LogP contribution is -2.39. The van der Waals surface area contributed by atoms with Crippen LogP contribution in [0.3, 0.4) is 0 Å². The molecule has 1 unspecified atom stereocenters. The van der Waals surface area contributed by atoms with E-state index in [1.165, 1.54) is 32.1 Å². The second kappa shape index (κ2) is 11.4. The summed E-state index contributed by atoms with van der Waals surface area (Å²) in [4.78, 5) is 0. The Kier molecular flexibility index (Phi) is 9.27. The summed E-state index contributed by atoms with van der Waals surface area (Å²) in [6.45, 7) is 13.7. The minimum Gasteiger partial charge on any atom is -0.393 e. The first-order valence-electron chi connectivity index (χ1n) is 13.7. The molecule has 0 radical (unpaired) electrons. The molecule has 0 aromatic rings. The maximum atomic E-state index is 10.5. The third-order valence-corrected chi connectivity index (χ3v) is 9.76. The number of ether oxygens (including phenoxy) is 1. The van der Waals surface area contributed by atoms with Gasteiger partial charge in [0.25, 0.3) is 0 Å². The van der Waals surface area contributed by atoms with E-state index in [0.29, 0.717) is 23.7 Å². The molecule has 0 amide bonds. The maximum absolute atomic E-state index is 10.5. The van der Waals surface area contributed by atoms with E-state index in [0.717, 1.165) is 50.7 Å². The summed E-state index contributed by atoms with van der Waals surface area (Å²) < 4.78 is 6.35. The highest BCUT2D eigenvalue weighted by atomic mass is 16.5. The Morgan fingerprint density at radius 1 is 1.21 bits per heavy atom. The van der Waals surface area contributed by atoms with E-state index in [2.05, 4.69) is 40.3 Å². The SMILES string of the molecule is C=C1C(C/C=C2\CCC[C@]3(C)[C@@H]([C@@H](C)OCCCC(O)(CC)CC)CC[C@@H]23)C[C@@H](O)C[C@@H]1O. The van der Waals surface area contributed by atoms with E-state index in [9.17, 15) is 15.3 Å². The van der Waals surface area contributed by atoms with Crippen LogP contribution in [0.2, 0.25) is 0 Å². The Labute approximate surface area is 202 Å². The van der Waals surface area contributed by atoms with E-state index in [-0.39, 0.29) is 12.0 Å². The average molecular weight is 463 g/mol. The summed E-state index contributed by atoms with van der Waals surface area (Å²) in [6, 6.07) is 0. The molecule has 3 saturated carbocycles. The molecule has 7 atom stereocenters. The van der Waals surface area contributed by atoms with E-state index >= 15 is 0 Å². The summed E-state index contributed by atoms with van der Waals surface area (Å²) in [5, 5.41) is 30.8. The topological polar surface area (TPSA) is 69.9 Å². The molecule has 3 N–H and O–H groups in total. The molecule has 4 heteroatoms. The van der Waals surface area contributed by atoms with Crippen LogP contribution in [0.4, 0.5) is 0 Å². The molecule has 33 heavy (non-hydrogen) atoms. The van der Waals surface area contributed by atoms with Crippen molar-refractivity contribution in [3.8, 4) is 0 Å². The highest BCUT2D eigenvalue weighted by Crippen LogP contribution is 2.58. The summed E-state index contributed by atoms with van der Waals surface area (Å²) in [6.07, 6.45) is 13.3. The van der Waals surface area contributed by atoms with Gasteiger partial charge in [-0.1, -0.05) is 39.0 Å². The molecule has 3 aliphatic carbocycles. The quantitative estimate of drug-likeness (QED) is 0.277. The largest absolute Gasteiger partial charge is 0.393 e. The Morgan fingerprint density at radius 2 is 1.94 bits per heavy atom. The molecule has 0 aromatic heterocycles. The number of hydrogen-bond donors (Lipinski definition) is 3. The van der Waals surface area contributed by atoms with Gasteiger partial charge in [-0.25, -0.2) is 0 Å². The van der Waals surface area contributed by atoms with Crippen LogP contribution >= 0.6 is 0 Å². The van der Waals surface area contributed by atoms with Crippen LogP contribution in [0.25, 0.3) is 0 Å². The fourth-order valence-corrected chi connectivity index (χ4v) is 7.28. The lowest BCUT2D eigenvalue weighted by molar-refractivity contribution is -0.0366. The Bertz CT molecular complexity index is 681. The molecule has 0 saturated heterocycles. The second-order valence-corrected chi connectivity index (χ2v) is 11.6. The molecule has 0 heterocycles. The monoisotopic (exact) mass is 462 g/mol. The number of allylic oxidation sites excluding steroid dienone is 2. The maximum Gasteiger partial charge on any atom is 0.0774 e. The number of rotatable bonds is 10. The molecule has 0 aromatic carbocycles. The van der Waals surface area contributed by atoms with Crippen LogP contribution in [0.15, 0.2) is 23.8 Å². The van der Waals surface area contributed by atoms with Crippen LogP contribution in [0.1, 0.15) is 105 Å². The van der Waals surface area contributed by atoms with E-state index in [4.69, 9.17) is 4.74 Å². The van der Waals surface area contributed by atoms with Gasteiger partial charge in [-0.15, -0.1) is 0 Å². The molecule has 190 valence electrons. The standard InChI is InChI=1S/C29H50O4/c1-6-29(32,7-2)16-9-17-33-21(4)25-13-14-26-22(10-8-15-28(25,26)5)11-12-23-18-24(30)19-27(31)20(23)3/h11,21,23-27,30-32H,3,6-10,12-19H2,1-2,4-5H3/b22-11+/t21-,23?,24-,25-,26+,27+,28-/m1/s1. The highest BCUT2D eigenvalue weighted by molar-refractivity contribution is 5.21. The first-order valence-corrected chi connectivity index (χ1v) is 13.7. The summed E-state index contributed by atoms with van der Waals surface area (Å²) in [7, 11) is 0. The molecule has 3 aliphatic rings. The Hall–Kier alpha value is -0.680. The third-order valence-electron chi connectivity index (χ3n) is 9.76. The van der Waals surface area contributed by atoms with E-state index < -0.39 is 17.8 Å². The Morgan fingerprint density at radius 3 is 2.64 bits per heavy atom. The summed E-state index contributed by atoms with van der Waals surface area (Å²) >= 11 is 0. The molecule has 0 bridgehead atoms. The number of aliphatic hydroxyl groups is 3. The highest BCUT2D eigenvalue weighted by Gasteiger charge is 2.51. The van der Waals surface area contributed by atoms with Crippen molar-refractivity contribution in [3.05, 3.63) is 23.8 Å². The minimum atomic E-state index is -0.562. The van der Waals surface area contributed by atoms with Gasteiger partial charge in [-0.3, -0.25) is 0 Å². The normalized spacial score (nSPS) is 37.4. The van der Waals surface area contributed by atoms with Gasteiger partial charge in [0.1, 0.15) is 0 Å². The van der Waals surface area contributed by atoms with Gasteiger partial charge in [0.15, 0.2) is 0 Å². The fourth-order valence-electron chi connectivity index (χ4n) is 7.28. The lowest BCUT2D eigenvalue weighted by Gasteiger charge is -2.44. The zero-order chi connectivity index (χ0) is 24.2. The minimum absolute atomic E-state index is 0.189. The van der Waals surface area contributed by atoms with E-state index in [1.807, 2.05) is 0 Å². The smallest absolute Gasteiger partial charge is 0.0774 e. The first-order chi connectivity index (χ1) is 15.6. The van der Waals surface area contributed by atoms with Gasteiger partial charge in [0, 0.05) is 13.0 Å². The summed E-state index contributed by atoms with van der Waals surface area (Å²) in [5.74, 6) is 1.39. The number of aliphatic hydroxyl groups excluding tert-OH is 2. The van der Waals surface area contributed by atoms with Crippen molar-refractivity contribution in [1.29, 1.82) is 0 Å². The number of hydrogen-bond acceptors (Lipinski definition) is 4.